The highest BCUT2D eigenvalue weighted by Crippen LogP contribution is 2.11. The van der Waals surface area contributed by atoms with Gasteiger partial charge in [0.05, 0.1) is 12.2 Å². The van der Waals surface area contributed by atoms with Gasteiger partial charge < -0.3 is 16.0 Å². The van der Waals surface area contributed by atoms with Crippen LogP contribution >= 0.6 is 0 Å². The van der Waals surface area contributed by atoms with Crippen molar-refractivity contribution in [2.24, 2.45) is 7.05 Å². The summed E-state index contributed by atoms with van der Waals surface area (Å²) in [6.45, 7) is 3.68. The molecule has 3 N–H and O–H groups in total. The maximum absolute atomic E-state index is 12.0. The Balaban J connectivity index is 1.79. The standard InChI is InChI=1S/C13H22N6O2/c1-9-6-11(18(3)17-9)16-12(20)8-19-5-4-10(7-19)15-13(21)14-2/h6,10H,4-5,7-8H2,1-3H3,(H,16,20)(H2,14,15,21)/t10-/m1/s1. The number of nitrogens with zero attached hydrogens (tertiary/aromatic N) is 3. The molecular formula is C13H22N6O2. The summed E-state index contributed by atoms with van der Waals surface area (Å²) < 4.78 is 1.65. The maximum atomic E-state index is 12.0. The Morgan fingerprint density at radius 2 is 2.24 bits per heavy atom. The smallest absolute Gasteiger partial charge is 0.314 e. The van der Waals surface area contributed by atoms with Crippen molar-refractivity contribution in [2.45, 2.75) is 19.4 Å². The van der Waals surface area contributed by atoms with Crippen molar-refractivity contribution in [3.63, 3.8) is 0 Å². The fourth-order valence-corrected chi connectivity index (χ4v) is 2.46. The van der Waals surface area contributed by atoms with Crippen molar-refractivity contribution in [1.29, 1.82) is 0 Å². The minimum atomic E-state index is -0.184. The molecule has 0 unspecified atom stereocenters. The summed E-state index contributed by atoms with van der Waals surface area (Å²) in [5, 5.41) is 12.4. The van der Waals surface area contributed by atoms with Crippen LogP contribution in [-0.4, -0.2) is 59.3 Å². The van der Waals surface area contributed by atoms with Crippen LogP contribution in [0.4, 0.5) is 10.6 Å². The van der Waals surface area contributed by atoms with E-state index < -0.39 is 0 Å². The summed E-state index contributed by atoms with van der Waals surface area (Å²) >= 11 is 0. The molecule has 1 atom stereocenters. The molecule has 116 valence electrons. The van der Waals surface area contributed by atoms with Gasteiger partial charge in [-0.15, -0.1) is 0 Å². The number of aryl methyl sites for hydroxylation is 2. The molecule has 1 aliphatic rings. The van der Waals surface area contributed by atoms with Crippen molar-refractivity contribution in [3.8, 4) is 0 Å². The van der Waals surface area contributed by atoms with Crippen molar-refractivity contribution in [2.75, 3.05) is 32.0 Å². The molecule has 3 amide bonds. The minimum Gasteiger partial charge on any atom is -0.341 e. The zero-order valence-electron chi connectivity index (χ0n) is 12.6. The number of amides is 3. The van der Waals surface area contributed by atoms with Crippen LogP contribution in [0.25, 0.3) is 0 Å². The van der Waals surface area contributed by atoms with E-state index in [1.807, 2.05) is 17.9 Å². The summed E-state index contributed by atoms with van der Waals surface area (Å²) in [6, 6.07) is 1.74. The first kappa shape index (κ1) is 15.3. The van der Waals surface area contributed by atoms with Gasteiger partial charge in [-0.3, -0.25) is 14.4 Å². The number of rotatable bonds is 4. The quantitative estimate of drug-likeness (QED) is 0.709. The molecule has 2 rings (SSSR count). The Morgan fingerprint density at radius 3 is 2.86 bits per heavy atom. The first-order valence-electron chi connectivity index (χ1n) is 6.99. The van der Waals surface area contributed by atoms with Gasteiger partial charge in [0.25, 0.3) is 0 Å². The van der Waals surface area contributed by atoms with Gasteiger partial charge in [0.1, 0.15) is 5.82 Å². The molecule has 8 nitrogen and oxygen atoms in total. The van der Waals surface area contributed by atoms with Gasteiger partial charge in [0.15, 0.2) is 0 Å². The van der Waals surface area contributed by atoms with E-state index in [1.165, 1.54) is 0 Å². The number of nitrogens with one attached hydrogen (secondary N) is 3. The highest BCUT2D eigenvalue weighted by Gasteiger charge is 2.25. The Hall–Kier alpha value is -2.09. The lowest BCUT2D eigenvalue weighted by molar-refractivity contribution is -0.117. The molecule has 21 heavy (non-hydrogen) atoms. The summed E-state index contributed by atoms with van der Waals surface area (Å²) in [5.74, 6) is 0.621. The lowest BCUT2D eigenvalue weighted by atomic mass is 10.3. The van der Waals surface area contributed by atoms with Gasteiger partial charge in [-0.1, -0.05) is 0 Å². The fourth-order valence-electron chi connectivity index (χ4n) is 2.46. The number of hydrogen-bond donors (Lipinski definition) is 3. The highest BCUT2D eigenvalue weighted by atomic mass is 16.2. The van der Waals surface area contributed by atoms with Crippen molar-refractivity contribution >= 4 is 17.8 Å². The van der Waals surface area contributed by atoms with E-state index in [0.717, 1.165) is 18.7 Å². The molecular weight excluding hydrogens is 272 g/mol. The molecule has 0 bridgehead atoms. The van der Waals surface area contributed by atoms with Gasteiger partial charge in [0, 0.05) is 39.3 Å². The molecule has 0 spiro atoms. The van der Waals surface area contributed by atoms with Gasteiger partial charge >= 0.3 is 6.03 Å². The third kappa shape index (κ3) is 4.19. The van der Waals surface area contributed by atoms with E-state index >= 15 is 0 Å². The van der Waals surface area contributed by atoms with E-state index in [4.69, 9.17) is 0 Å². The normalized spacial score (nSPS) is 18.5. The Bertz CT molecular complexity index is 527. The van der Waals surface area contributed by atoms with Gasteiger partial charge in [-0.2, -0.15) is 5.10 Å². The molecule has 0 saturated carbocycles. The second-order valence-electron chi connectivity index (χ2n) is 5.29. The molecule has 1 aliphatic heterocycles. The van der Waals surface area contributed by atoms with Crippen molar-refractivity contribution in [3.05, 3.63) is 11.8 Å². The number of anilines is 1. The van der Waals surface area contributed by atoms with E-state index in [1.54, 1.807) is 18.8 Å². The highest BCUT2D eigenvalue weighted by molar-refractivity contribution is 5.91. The third-order valence-corrected chi connectivity index (χ3v) is 3.47. The van der Waals surface area contributed by atoms with Crippen molar-refractivity contribution in [1.82, 2.24) is 25.3 Å². The summed E-state index contributed by atoms with van der Waals surface area (Å²) in [6.07, 6.45) is 0.853. The largest absolute Gasteiger partial charge is 0.341 e. The van der Waals surface area contributed by atoms with Crippen LogP contribution < -0.4 is 16.0 Å². The van der Waals surface area contributed by atoms with Crippen molar-refractivity contribution < 1.29 is 9.59 Å². The second-order valence-corrected chi connectivity index (χ2v) is 5.29. The first-order chi connectivity index (χ1) is 9.97. The third-order valence-electron chi connectivity index (χ3n) is 3.47. The number of carbonyl (C=O) groups is 2. The van der Waals surface area contributed by atoms with E-state index in [2.05, 4.69) is 21.0 Å². The number of likely N-dealkylation sites (tertiary alicyclic amines) is 1. The lowest BCUT2D eigenvalue weighted by Crippen LogP contribution is -2.42. The van der Waals surface area contributed by atoms with Crippen LogP contribution in [0, 0.1) is 6.92 Å². The monoisotopic (exact) mass is 294 g/mol. The number of aromatic nitrogens is 2. The van der Waals surface area contributed by atoms with Crippen LogP contribution in [0.15, 0.2) is 6.07 Å². The zero-order chi connectivity index (χ0) is 15.4. The molecule has 8 heteroatoms. The minimum absolute atomic E-state index is 0.0707. The molecule has 1 fully saturated rings. The molecule has 1 saturated heterocycles. The number of urea groups is 1. The Kier molecular flexibility index (Phi) is 4.79. The van der Waals surface area contributed by atoms with Crippen LogP contribution in [0.3, 0.4) is 0 Å². The van der Waals surface area contributed by atoms with Crippen LogP contribution in [-0.2, 0) is 11.8 Å². The number of hydrogen-bond acceptors (Lipinski definition) is 4. The predicted octanol–water partition coefficient (Wildman–Crippen LogP) is -0.330. The number of carbonyl (C=O) groups excluding carboxylic acids is 2. The Morgan fingerprint density at radius 1 is 1.48 bits per heavy atom. The Labute approximate surface area is 123 Å². The molecule has 0 aliphatic carbocycles. The fraction of sp³-hybridized carbons (Fsp3) is 0.615. The van der Waals surface area contributed by atoms with E-state index in [9.17, 15) is 9.59 Å². The predicted molar refractivity (Wildman–Crippen MR) is 79.0 cm³/mol. The first-order valence-corrected chi connectivity index (χ1v) is 6.99. The lowest BCUT2D eigenvalue weighted by Gasteiger charge is -2.16. The summed E-state index contributed by atoms with van der Waals surface area (Å²) in [4.78, 5) is 25.3. The van der Waals surface area contributed by atoms with E-state index in [0.29, 0.717) is 18.9 Å². The van der Waals surface area contributed by atoms with Gasteiger partial charge in [-0.05, 0) is 13.3 Å². The molecule has 0 radical (unpaired) electrons. The second kappa shape index (κ2) is 6.57. The average molecular weight is 294 g/mol. The van der Waals surface area contributed by atoms with Gasteiger partial charge in [-0.25, -0.2) is 4.79 Å². The summed E-state index contributed by atoms with van der Waals surface area (Å²) in [7, 11) is 3.38. The molecule has 0 aromatic carbocycles. The SMILES string of the molecule is CNC(=O)N[C@@H]1CCN(CC(=O)Nc2cc(C)nn2C)C1. The molecule has 1 aromatic rings. The molecule has 1 aromatic heterocycles. The van der Waals surface area contributed by atoms with E-state index in [-0.39, 0.29) is 18.0 Å². The van der Waals surface area contributed by atoms with Crippen LogP contribution in [0.2, 0.25) is 0 Å². The summed E-state index contributed by atoms with van der Waals surface area (Å²) in [5.41, 5.74) is 0.865. The van der Waals surface area contributed by atoms with Gasteiger partial charge in [0.2, 0.25) is 5.91 Å². The maximum Gasteiger partial charge on any atom is 0.314 e. The van der Waals surface area contributed by atoms with Crippen LogP contribution in [0.5, 0.6) is 0 Å². The van der Waals surface area contributed by atoms with Crippen LogP contribution in [0.1, 0.15) is 12.1 Å². The average Bonchev–Trinajstić information content (AvgIpc) is 2.96. The topological polar surface area (TPSA) is 91.3 Å². The zero-order valence-corrected chi connectivity index (χ0v) is 12.6. The molecule has 2 heterocycles.